The van der Waals surface area contributed by atoms with Crippen LogP contribution in [0.5, 0.6) is 0 Å². The first-order valence-corrected chi connectivity index (χ1v) is 6.58. The van der Waals surface area contributed by atoms with Gasteiger partial charge in [0.05, 0.1) is 11.1 Å². The first-order chi connectivity index (χ1) is 9.09. The van der Waals surface area contributed by atoms with Gasteiger partial charge in [-0.05, 0) is 17.5 Å². The van der Waals surface area contributed by atoms with Crippen molar-refractivity contribution in [3.8, 4) is 0 Å². The van der Waals surface area contributed by atoms with Crippen molar-refractivity contribution in [2.45, 2.75) is 0 Å². The molecular weight excluding hydrogens is 268 g/mol. The van der Waals surface area contributed by atoms with Gasteiger partial charge in [0.15, 0.2) is 0 Å². The van der Waals surface area contributed by atoms with E-state index in [1.807, 2.05) is 4.83 Å². The zero-order valence-corrected chi connectivity index (χ0v) is 10.4. The Morgan fingerprint density at radius 1 is 0.895 bits per heavy atom. The van der Waals surface area contributed by atoms with E-state index in [-0.39, 0.29) is 0 Å². The van der Waals surface area contributed by atoms with E-state index in [9.17, 15) is 18.0 Å². The van der Waals surface area contributed by atoms with Crippen molar-refractivity contribution in [2.75, 3.05) is 0 Å². The lowest BCUT2D eigenvalue weighted by molar-refractivity contribution is 0.0576. The normalized spacial score (nSPS) is 14.5. The lowest BCUT2D eigenvalue weighted by Crippen LogP contribution is -2.48. The van der Waals surface area contributed by atoms with Gasteiger partial charge in [-0.3, -0.25) is 9.59 Å². The number of imide groups is 1. The predicted octanol–water partition coefficient (Wildman–Crippen LogP) is 0.467. The molecule has 0 unspecified atom stereocenters. The van der Waals surface area contributed by atoms with Crippen molar-refractivity contribution >= 4 is 33.5 Å². The number of carbonyl (C=O) groups is 2. The minimum absolute atomic E-state index is 0.303. The molecule has 1 aliphatic rings. The molecule has 0 aliphatic carbocycles. The number of thiol groups is 1. The summed E-state index contributed by atoms with van der Waals surface area (Å²) in [7, 11) is -3.09. The largest absolute Gasteiger partial charge is 0.276 e. The summed E-state index contributed by atoms with van der Waals surface area (Å²) in [4.78, 5) is 26.1. The number of amides is 2. The summed E-state index contributed by atoms with van der Waals surface area (Å²) in [5.74, 6) is -1.35. The summed E-state index contributed by atoms with van der Waals surface area (Å²) in [5, 5.41) is 1.84. The van der Waals surface area contributed by atoms with Crippen molar-refractivity contribution in [2.24, 2.45) is 0 Å². The van der Waals surface area contributed by atoms with Gasteiger partial charge in [0.25, 0.3) is 11.8 Å². The van der Waals surface area contributed by atoms with Crippen LogP contribution in [0.1, 0.15) is 20.7 Å². The number of hydrogen-bond acceptors (Lipinski definition) is 4. The van der Waals surface area contributed by atoms with Gasteiger partial charge in [-0.25, -0.2) is 8.42 Å². The van der Waals surface area contributed by atoms with Gasteiger partial charge in [-0.1, -0.05) is 24.3 Å². The van der Waals surface area contributed by atoms with Gasteiger partial charge < -0.3 is 0 Å². The summed E-state index contributed by atoms with van der Waals surface area (Å²) < 4.78 is 21.4. The molecule has 0 aromatic heterocycles. The predicted molar refractivity (Wildman–Crippen MR) is 67.9 cm³/mol. The maximum Gasteiger partial charge on any atom is 0.276 e. The molecule has 3 rings (SSSR count). The van der Waals surface area contributed by atoms with Crippen molar-refractivity contribution in [3.63, 3.8) is 0 Å². The van der Waals surface area contributed by atoms with E-state index >= 15 is 0 Å². The van der Waals surface area contributed by atoms with Gasteiger partial charge in [0.2, 0.25) is 10.9 Å². The molecule has 0 saturated heterocycles. The molecule has 1 N–H and O–H groups in total. The SMILES string of the molecule is O=C1c2cccc3cccc(c23)C(=O)N1N[SH](=O)=O. The molecule has 0 bridgehead atoms. The standard InChI is InChI=1S/C12H8N2O4S/c15-11-8-5-1-3-7-4-2-6-9(10(7)8)12(16)14(11)13-19(17)18/h1-6,19H,(H,13,17,18). The number of carbonyl (C=O) groups excluding carboxylic acids is 2. The highest BCUT2D eigenvalue weighted by atomic mass is 32.2. The minimum atomic E-state index is -3.09. The van der Waals surface area contributed by atoms with Crippen LogP contribution in [0, 0.1) is 0 Å². The van der Waals surface area contributed by atoms with Crippen molar-refractivity contribution in [1.82, 2.24) is 9.84 Å². The highest BCUT2D eigenvalue weighted by Crippen LogP contribution is 2.28. The second-order valence-electron chi connectivity index (χ2n) is 4.01. The Labute approximate surface area is 109 Å². The van der Waals surface area contributed by atoms with Gasteiger partial charge in [0, 0.05) is 5.39 Å². The summed E-state index contributed by atoms with van der Waals surface area (Å²) in [6.07, 6.45) is 0. The third-order valence-electron chi connectivity index (χ3n) is 2.95. The van der Waals surface area contributed by atoms with E-state index in [1.165, 1.54) is 0 Å². The molecule has 0 fully saturated rings. The second-order valence-corrected chi connectivity index (χ2v) is 4.73. The highest BCUT2D eigenvalue weighted by molar-refractivity contribution is 7.70. The van der Waals surface area contributed by atoms with E-state index in [1.54, 1.807) is 36.4 Å². The van der Waals surface area contributed by atoms with E-state index in [0.717, 1.165) is 5.39 Å². The number of benzene rings is 2. The number of nitrogens with zero attached hydrogens (tertiary/aromatic N) is 1. The monoisotopic (exact) mass is 276 g/mol. The Morgan fingerprint density at radius 3 is 1.89 bits per heavy atom. The number of nitrogens with one attached hydrogen (secondary N) is 1. The van der Waals surface area contributed by atoms with Crippen LogP contribution in [0.2, 0.25) is 0 Å². The smallest absolute Gasteiger partial charge is 0.267 e. The first kappa shape index (κ1) is 11.8. The maximum atomic E-state index is 12.1. The molecule has 0 radical (unpaired) electrons. The van der Waals surface area contributed by atoms with Gasteiger partial charge >= 0.3 is 0 Å². The van der Waals surface area contributed by atoms with Crippen LogP contribution in [0.3, 0.4) is 0 Å². The molecule has 19 heavy (non-hydrogen) atoms. The molecule has 2 aromatic rings. The molecule has 2 amide bonds. The second kappa shape index (κ2) is 4.15. The fourth-order valence-electron chi connectivity index (χ4n) is 2.20. The fourth-order valence-corrected chi connectivity index (χ4v) is 2.55. The van der Waals surface area contributed by atoms with E-state index < -0.39 is 22.7 Å². The van der Waals surface area contributed by atoms with Crippen LogP contribution in [0.25, 0.3) is 10.8 Å². The lowest BCUT2D eigenvalue weighted by atomic mass is 9.95. The van der Waals surface area contributed by atoms with Crippen LogP contribution >= 0.6 is 0 Å². The summed E-state index contributed by atoms with van der Waals surface area (Å²) in [6, 6.07) is 10.1. The maximum absolute atomic E-state index is 12.1. The minimum Gasteiger partial charge on any atom is -0.267 e. The van der Waals surface area contributed by atoms with E-state index in [2.05, 4.69) is 0 Å². The quantitative estimate of drug-likeness (QED) is 0.617. The Morgan fingerprint density at radius 2 is 1.42 bits per heavy atom. The van der Waals surface area contributed by atoms with E-state index in [4.69, 9.17) is 0 Å². The summed E-state index contributed by atoms with van der Waals surface area (Å²) in [6.45, 7) is 0. The zero-order valence-electron chi connectivity index (χ0n) is 9.49. The van der Waals surface area contributed by atoms with Crippen LogP contribution in [0.15, 0.2) is 36.4 Å². The molecule has 2 aromatic carbocycles. The van der Waals surface area contributed by atoms with Crippen LogP contribution in [0.4, 0.5) is 0 Å². The number of hydrazine groups is 1. The van der Waals surface area contributed by atoms with Crippen molar-refractivity contribution in [3.05, 3.63) is 47.5 Å². The molecule has 1 aliphatic heterocycles. The Balaban J connectivity index is 2.30. The molecule has 6 nitrogen and oxygen atoms in total. The van der Waals surface area contributed by atoms with Crippen LogP contribution in [-0.4, -0.2) is 25.2 Å². The number of hydrogen-bond donors (Lipinski definition) is 2. The highest BCUT2D eigenvalue weighted by Gasteiger charge is 2.33. The van der Waals surface area contributed by atoms with Crippen LogP contribution in [-0.2, 0) is 10.9 Å². The van der Waals surface area contributed by atoms with Crippen LogP contribution < -0.4 is 4.83 Å². The van der Waals surface area contributed by atoms with E-state index in [0.29, 0.717) is 21.5 Å². The fraction of sp³-hybridized carbons (Fsp3) is 0. The van der Waals surface area contributed by atoms with Gasteiger partial charge in [-0.15, -0.1) is 4.83 Å². The Bertz CT molecular complexity index is 739. The lowest BCUT2D eigenvalue weighted by Gasteiger charge is -2.25. The first-order valence-electron chi connectivity index (χ1n) is 5.41. The molecule has 1 heterocycles. The third-order valence-corrected chi connectivity index (χ3v) is 3.32. The van der Waals surface area contributed by atoms with Gasteiger partial charge in [-0.2, -0.15) is 5.01 Å². The Kier molecular flexibility index (Phi) is 2.58. The topological polar surface area (TPSA) is 83.6 Å². The van der Waals surface area contributed by atoms with Gasteiger partial charge in [0.1, 0.15) is 0 Å². The Hall–Kier alpha value is -2.25. The van der Waals surface area contributed by atoms with Crippen molar-refractivity contribution in [1.29, 1.82) is 0 Å². The average Bonchev–Trinajstić information content (AvgIpc) is 2.40. The molecule has 0 saturated carbocycles. The molecular formula is C12H8N2O4S. The molecule has 0 atom stereocenters. The molecule has 7 heteroatoms. The van der Waals surface area contributed by atoms with Crippen molar-refractivity contribution < 1.29 is 18.0 Å². The third kappa shape index (κ3) is 1.71. The molecule has 0 spiro atoms. The molecule has 96 valence electrons. The average molecular weight is 276 g/mol. The summed E-state index contributed by atoms with van der Waals surface area (Å²) in [5.41, 5.74) is 0.606. The number of rotatable bonds is 2. The zero-order chi connectivity index (χ0) is 13.6. The summed E-state index contributed by atoms with van der Waals surface area (Å²) >= 11 is 0.